The molecule has 1 heterocycles. The van der Waals surface area contributed by atoms with Crippen molar-refractivity contribution in [1.82, 2.24) is 4.90 Å². The monoisotopic (exact) mass is 232 g/mol. The third-order valence-electron chi connectivity index (χ3n) is 5.04. The molecular weight excluding hydrogens is 212 g/mol. The van der Waals surface area contributed by atoms with Crippen LogP contribution in [0.1, 0.15) is 38.5 Å². The zero-order chi connectivity index (χ0) is 11.8. The van der Waals surface area contributed by atoms with E-state index in [0.29, 0.717) is 17.7 Å². The Morgan fingerprint density at radius 3 is 2.41 bits per heavy atom. The van der Waals surface area contributed by atoms with E-state index in [4.69, 9.17) is 5.26 Å². The van der Waals surface area contributed by atoms with Crippen molar-refractivity contribution in [2.45, 2.75) is 38.5 Å². The van der Waals surface area contributed by atoms with Crippen LogP contribution >= 0.6 is 0 Å². The maximum Gasteiger partial charge on any atom is 0.225 e. The standard InChI is InChI=1S/C14H20N2O/c15-9-10-3-5-16(6-4-10)14(17)13-8-11-1-2-12(13)7-11/h10-13H,1-8H2. The van der Waals surface area contributed by atoms with Gasteiger partial charge in [0.25, 0.3) is 0 Å². The molecule has 17 heavy (non-hydrogen) atoms. The van der Waals surface area contributed by atoms with Crippen LogP contribution in [0.15, 0.2) is 0 Å². The van der Waals surface area contributed by atoms with Gasteiger partial charge in [-0.3, -0.25) is 4.79 Å². The van der Waals surface area contributed by atoms with Gasteiger partial charge in [-0.25, -0.2) is 0 Å². The lowest BCUT2D eigenvalue weighted by Gasteiger charge is -2.33. The molecule has 1 aliphatic heterocycles. The average Bonchev–Trinajstić information content (AvgIpc) is 3.00. The van der Waals surface area contributed by atoms with Crippen molar-refractivity contribution in [2.75, 3.05) is 13.1 Å². The van der Waals surface area contributed by atoms with Gasteiger partial charge >= 0.3 is 0 Å². The molecule has 0 aromatic rings. The van der Waals surface area contributed by atoms with E-state index < -0.39 is 0 Å². The van der Waals surface area contributed by atoms with Crippen LogP contribution in [-0.2, 0) is 4.79 Å². The quantitative estimate of drug-likeness (QED) is 0.695. The van der Waals surface area contributed by atoms with E-state index in [0.717, 1.165) is 38.3 Å². The number of rotatable bonds is 1. The van der Waals surface area contributed by atoms with Gasteiger partial charge in [-0.15, -0.1) is 0 Å². The topological polar surface area (TPSA) is 44.1 Å². The van der Waals surface area contributed by atoms with Crippen LogP contribution in [0.5, 0.6) is 0 Å². The number of hydrogen-bond acceptors (Lipinski definition) is 2. The van der Waals surface area contributed by atoms with Gasteiger partial charge < -0.3 is 4.90 Å². The summed E-state index contributed by atoms with van der Waals surface area (Å²) in [6.45, 7) is 1.62. The number of piperidine rings is 1. The summed E-state index contributed by atoms with van der Waals surface area (Å²) in [7, 11) is 0. The molecule has 3 unspecified atom stereocenters. The predicted octanol–water partition coefficient (Wildman–Crippen LogP) is 2.18. The second-order valence-corrected chi connectivity index (χ2v) is 6.01. The highest BCUT2D eigenvalue weighted by Crippen LogP contribution is 2.49. The largest absolute Gasteiger partial charge is 0.342 e. The summed E-state index contributed by atoms with van der Waals surface area (Å²) in [6, 6.07) is 2.32. The fourth-order valence-electron chi connectivity index (χ4n) is 4.01. The third-order valence-corrected chi connectivity index (χ3v) is 5.04. The third kappa shape index (κ3) is 1.94. The van der Waals surface area contributed by atoms with E-state index in [9.17, 15) is 4.79 Å². The van der Waals surface area contributed by atoms with E-state index in [-0.39, 0.29) is 5.92 Å². The molecule has 3 nitrogen and oxygen atoms in total. The minimum atomic E-state index is 0.180. The van der Waals surface area contributed by atoms with E-state index in [1.54, 1.807) is 0 Å². The van der Waals surface area contributed by atoms with Crippen molar-refractivity contribution in [3.05, 3.63) is 0 Å². The number of likely N-dealkylation sites (tertiary alicyclic amines) is 1. The van der Waals surface area contributed by atoms with E-state index in [1.807, 2.05) is 4.90 Å². The normalized spacial score (nSPS) is 37.1. The fourth-order valence-corrected chi connectivity index (χ4v) is 4.01. The Bertz CT molecular complexity index is 352. The maximum absolute atomic E-state index is 12.4. The zero-order valence-electron chi connectivity index (χ0n) is 10.3. The zero-order valence-corrected chi connectivity index (χ0v) is 10.3. The Kier molecular flexibility index (Phi) is 2.82. The highest BCUT2D eigenvalue weighted by Gasteiger charge is 2.44. The Morgan fingerprint density at radius 2 is 1.88 bits per heavy atom. The molecule has 1 amide bonds. The van der Waals surface area contributed by atoms with Gasteiger partial charge in [-0.2, -0.15) is 5.26 Å². The summed E-state index contributed by atoms with van der Waals surface area (Å²) >= 11 is 0. The first-order valence-corrected chi connectivity index (χ1v) is 6.96. The molecule has 92 valence electrons. The fraction of sp³-hybridized carbons (Fsp3) is 0.857. The molecule has 2 aliphatic carbocycles. The lowest BCUT2D eigenvalue weighted by atomic mass is 9.87. The van der Waals surface area contributed by atoms with Gasteiger partial charge in [-0.1, -0.05) is 6.42 Å². The molecule has 0 spiro atoms. The van der Waals surface area contributed by atoms with Crippen LogP contribution in [0, 0.1) is 35.0 Å². The summed E-state index contributed by atoms with van der Waals surface area (Å²) in [4.78, 5) is 14.5. The van der Waals surface area contributed by atoms with Crippen LogP contribution in [0.3, 0.4) is 0 Å². The second-order valence-electron chi connectivity index (χ2n) is 6.01. The first-order chi connectivity index (χ1) is 8.28. The van der Waals surface area contributed by atoms with Crippen molar-refractivity contribution in [2.24, 2.45) is 23.7 Å². The molecule has 0 N–H and O–H groups in total. The summed E-state index contributed by atoms with van der Waals surface area (Å²) in [6.07, 6.45) is 6.82. The van der Waals surface area contributed by atoms with Gasteiger partial charge in [0.2, 0.25) is 5.91 Å². The smallest absolute Gasteiger partial charge is 0.225 e. The van der Waals surface area contributed by atoms with Crippen molar-refractivity contribution < 1.29 is 4.79 Å². The molecule has 2 bridgehead atoms. The Balaban J connectivity index is 1.59. The first kappa shape index (κ1) is 11.1. The minimum absolute atomic E-state index is 0.180. The summed E-state index contributed by atoms with van der Waals surface area (Å²) in [5, 5.41) is 8.86. The number of fused-ring (bicyclic) bond motifs is 2. The van der Waals surface area contributed by atoms with Gasteiger partial charge in [0.15, 0.2) is 0 Å². The molecule has 0 radical (unpaired) electrons. The molecule has 3 rings (SSSR count). The Hall–Kier alpha value is -1.04. The Morgan fingerprint density at radius 1 is 1.12 bits per heavy atom. The number of amides is 1. The van der Waals surface area contributed by atoms with Crippen LogP contribution in [0.4, 0.5) is 0 Å². The van der Waals surface area contributed by atoms with E-state index in [1.165, 1.54) is 19.3 Å². The van der Waals surface area contributed by atoms with Crippen molar-refractivity contribution in [1.29, 1.82) is 5.26 Å². The predicted molar refractivity (Wildman–Crippen MR) is 63.9 cm³/mol. The van der Waals surface area contributed by atoms with Crippen molar-refractivity contribution >= 4 is 5.91 Å². The number of nitriles is 1. The Labute approximate surface area is 103 Å². The molecule has 2 saturated carbocycles. The first-order valence-electron chi connectivity index (χ1n) is 6.96. The molecule has 0 aromatic carbocycles. The van der Waals surface area contributed by atoms with E-state index >= 15 is 0 Å². The van der Waals surface area contributed by atoms with Gasteiger partial charge in [-0.05, 0) is 43.9 Å². The maximum atomic E-state index is 12.4. The van der Waals surface area contributed by atoms with Crippen LogP contribution in [-0.4, -0.2) is 23.9 Å². The number of carbonyl (C=O) groups excluding carboxylic acids is 1. The summed E-state index contributed by atoms with van der Waals surface area (Å²) in [5.41, 5.74) is 0. The molecule has 3 aliphatic rings. The molecular formula is C14H20N2O. The van der Waals surface area contributed by atoms with Gasteiger partial charge in [0, 0.05) is 24.9 Å². The molecule has 3 atom stereocenters. The molecule has 3 fully saturated rings. The summed E-state index contributed by atoms with van der Waals surface area (Å²) < 4.78 is 0. The second kappa shape index (κ2) is 4.33. The van der Waals surface area contributed by atoms with Crippen LogP contribution in [0.25, 0.3) is 0 Å². The SMILES string of the molecule is N#CC1CCN(C(=O)C2CC3CCC2C3)CC1. The van der Waals surface area contributed by atoms with Crippen molar-refractivity contribution in [3.63, 3.8) is 0 Å². The highest BCUT2D eigenvalue weighted by atomic mass is 16.2. The number of hydrogen-bond donors (Lipinski definition) is 0. The minimum Gasteiger partial charge on any atom is -0.342 e. The van der Waals surface area contributed by atoms with Crippen molar-refractivity contribution in [3.8, 4) is 6.07 Å². The number of carbonyl (C=O) groups is 1. The summed E-state index contributed by atoms with van der Waals surface area (Å²) in [5.74, 6) is 2.42. The van der Waals surface area contributed by atoms with Gasteiger partial charge in [0.05, 0.1) is 6.07 Å². The highest BCUT2D eigenvalue weighted by molar-refractivity contribution is 5.79. The lowest BCUT2D eigenvalue weighted by molar-refractivity contribution is -0.138. The van der Waals surface area contributed by atoms with Crippen LogP contribution < -0.4 is 0 Å². The molecule has 0 aromatic heterocycles. The van der Waals surface area contributed by atoms with Gasteiger partial charge in [0.1, 0.15) is 0 Å². The molecule has 1 saturated heterocycles. The van der Waals surface area contributed by atoms with E-state index in [2.05, 4.69) is 6.07 Å². The molecule has 3 heteroatoms. The van der Waals surface area contributed by atoms with Crippen LogP contribution in [0.2, 0.25) is 0 Å². The lowest BCUT2D eigenvalue weighted by Crippen LogP contribution is -2.42. The number of nitrogens with zero attached hydrogens (tertiary/aromatic N) is 2. The average molecular weight is 232 g/mol.